The number of β-amino-alcohol motifs (C(OH)–C–C–N with tert-alkyl or cyclic N) is 2. The molecule has 0 radical (unpaired) electrons. The van der Waals surface area contributed by atoms with Crippen LogP contribution in [-0.4, -0.2) is 50.6 Å². The highest BCUT2D eigenvalue weighted by molar-refractivity contribution is 6.28. The van der Waals surface area contributed by atoms with Crippen LogP contribution in [0.2, 0.25) is 5.28 Å². The summed E-state index contributed by atoms with van der Waals surface area (Å²) in [7, 11) is 1.28. The number of halogens is 1. The first-order valence-electron chi connectivity index (χ1n) is 4.40. The Bertz CT molecular complexity index is 439. The number of carbonyl (C=O) groups excluding carboxylic acids is 1. The molecule has 2 heterocycles. The van der Waals surface area contributed by atoms with Gasteiger partial charge in [0.25, 0.3) is 5.91 Å². The zero-order valence-electron chi connectivity index (χ0n) is 8.33. The highest BCUT2D eigenvalue weighted by Gasteiger charge is 2.46. The maximum Gasteiger partial charge on any atom is 0.329 e. The zero-order chi connectivity index (χ0) is 11.9. The van der Waals surface area contributed by atoms with Gasteiger partial charge in [-0.2, -0.15) is 0 Å². The van der Waals surface area contributed by atoms with E-state index in [2.05, 4.69) is 9.97 Å². The van der Waals surface area contributed by atoms with Gasteiger partial charge in [0.2, 0.25) is 5.28 Å². The van der Waals surface area contributed by atoms with Crippen LogP contribution in [0.1, 0.15) is 0 Å². The lowest BCUT2D eigenvalue weighted by Gasteiger charge is -2.20. The van der Waals surface area contributed by atoms with Gasteiger partial charge in [-0.05, 0) is 17.7 Å². The molecule has 2 rings (SSSR count). The van der Waals surface area contributed by atoms with Gasteiger partial charge < -0.3 is 10.2 Å². The summed E-state index contributed by atoms with van der Waals surface area (Å²) in [6, 6.07) is 0.888. The van der Waals surface area contributed by atoms with E-state index in [9.17, 15) is 15.0 Å². The number of amides is 2. The lowest BCUT2D eigenvalue weighted by molar-refractivity contribution is -0.214. The number of nitrogens with zero attached hydrogens (tertiary/aromatic N) is 4. The molecule has 1 aromatic heterocycles. The molecular weight excluding hydrogens is 236 g/mol. The van der Waals surface area contributed by atoms with Crippen LogP contribution in [0.5, 0.6) is 0 Å². The topological polar surface area (TPSA) is 89.8 Å². The summed E-state index contributed by atoms with van der Waals surface area (Å²) in [5.74, 6) is -1.98. The van der Waals surface area contributed by atoms with Crippen LogP contribution in [-0.2, 0) is 0 Å². The number of likely N-dealkylation sites (N-methyl/N-ethyl adjacent to an activating group) is 1. The van der Waals surface area contributed by atoms with Gasteiger partial charge in [0.15, 0.2) is 0 Å². The average Bonchev–Trinajstić information content (AvgIpc) is 2.42. The molecular formula is C8H9ClN4O3. The second-order valence-electron chi connectivity index (χ2n) is 3.39. The van der Waals surface area contributed by atoms with Crippen molar-refractivity contribution < 1.29 is 15.0 Å². The molecule has 0 saturated carbocycles. The van der Waals surface area contributed by atoms with Crippen molar-refractivity contribution in [2.45, 2.75) is 5.91 Å². The molecule has 8 heteroatoms. The zero-order valence-corrected chi connectivity index (χ0v) is 9.09. The molecule has 0 spiro atoms. The van der Waals surface area contributed by atoms with Gasteiger partial charge in [0.1, 0.15) is 12.4 Å². The van der Waals surface area contributed by atoms with Gasteiger partial charge in [-0.25, -0.2) is 14.8 Å². The first-order chi connectivity index (χ1) is 7.42. The molecule has 1 fully saturated rings. The van der Waals surface area contributed by atoms with Gasteiger partial charge >= 0.3 is 6.03 Å². The standard InChI is InChI=1S/C8H9ClN4O3/c1-12-7(14)13(4-8(12,15)16)5-2-3-10-6(9)11-5/h2-3,15-16H,4H2,1H3. The molecule has 1 aliphatic heterocycles. The Labute approximate surface area is 95.9 Å². The van der Waals surface area contributed by atoms with E-state index < -0.39 is 11.9 Å². The van der Waals surface area contributed by atoms with Gasteiger partial charge in [-0.1, -0.05) is 0 Å². The molecule has 0 bridgehead atoms. The van der Waals surface area contributed by atoms with Crippen molar-refractivity contribution in [3.8, 4) is 0 Å². The van der Waals surface area contributed by atoms with Gasteiger partial charge in [-0.3, -0.25) is 9.80 Å². The maximum atomic E-state index is 11.7. The number of urea groups is 1. The molecule has 1 aliphatic rings. The third-order valence-electron chi connectivity index (χ3n) is 2.31. The normalized spacial score (nSPS) is 19.4. The molecule has 1 aromatic rings. The second-order valence-corrected chi connectivity index (χ2v) is 3.72. The molecule has 0 aliphatic carbocycles. The maximum absolute atomic E-state index is 11.7. The molecule has 2 N–H and O–H groups in total. The predicted molar refractivity (Wildman–Crippen MR) is 54.7 cm³/mol. The summed E-state index contributed by atoms with van der Waals surface area (Å²) in [5.41, 5.74) is 0. The van der Waals surface area contributed by atoms with Crippen molar-refractivity contribution >= 4 is 23.4 Å². The van der Waals surface area contributed by atoms with Gasteiger partial charge in [0, 0.05) is 13.2 Å². The van der Waals surface area contributed by atoms with E-state index in [4.69, 9.17) is 11.6 Å². The van der Waals surface area contributed by atoms with Crippen LogP contribution in [0.25, 0.3) is 0 Å². The first kappa shape index (κ1) is 11.1. The Morgan fingerprint density at radius 3 is 2.75 bits per heavy atom. The Kier molecular flexibility index (Phi) is 2.45. The number of rotatable bonds is 1. The molecule has 0 aromatic carbocycles. The number of hydrogen-bond acceptors (Lipinski definition) is 5. The smallest absolute Gasteiger partial charge is 0.329 e. The highest BCUT2D eigenvalue weighted by Crippen LogP contribution is 2.25. The summed E-state index contributed by atoms with van der Waals surface area (Å²) in [6.07, 6.45) is 1.38. The van der Waals surface area contributed by atoms with E-state index in [0.717, 1.165) is 9.80 Å². The van der Waals surface area contributed by atoms with Crippen LogP contribution < -0.4 is 4.90 Å². The Morgan fingerprint density at radius 1 is 1.56 bits per heavy atom. The Hall–Kier alpha value is -1.44. The van der Waals surface area contributed by atoms with E-state index >= 15 is 0 Å². The average molecular weight is 245 g/mol. The molecule has 86 valence electrons. The van der Waals surface area contributed by atoms with Crippen molar-refractivity contribution in [2.75, 3.05) is 18.5 Å². The van der Waals surface area contributed by atoms with Crippen LogP contribution in [0, 0.1) is 0 Å². The minimum atomic E-state index is -2.20. The Balaban J connectivity index is 2.34. The number of aromatic nitrogens is 2. The molecule has 7 nitrogen and oxygen atoms in total. The Morgan fingerprint density at radius 2 is 2.25 bits per heavy atom. The molecule has 2 amide bonds. The highest BCUT2D eigenvalue weighted by atomic mass is 35.5. The van der Waals surface area contributed by atoms with E-state index in [0.29, 0.717) is 0 Å². The van der Waals surface area contributed by atoms with Gasteiger partial charge in [-0.15, -0.1) is 0 Å². The lowest BCUT2D eigenvalue weighted by atomic mass is 10.4. The summed E-state index contributed by atoms with van der Waals surface area (Å²) < 4.78 is 0. The van der Waals surface area contributed by atoms with E-state index in [1.54, 1.807) is 0 Å². The molecule has 1 saturated heterocycles. The molecule has 0 unspecified atom stereocenters. The fraction of sp³-hybridized carbons (Fsp3) is 0.375. The fourth-order valence-electron chi connectivity index (χ4n) is 1.38. The van der Waals surface area contributed by atoms with E-state index in [-0.39, 0.29) is 17.6 Å². The largest absolute Gasteiger partial charge is 0.347 e. The fourth-order valence-corrected chi connectivity index (χ4v) is 1.52. The van der Waals surface area contributed by atoms with Crippen LogP contribution in [0.15, 0.2) is 12.3 Å². The summed E-state index contributed by atoms with van der Waals surface area (Å²) in [5, 5.41) is 18.9. The van der Waals surface area contributed by atoms with E-state index in [1.807, 2.05) is 0 Å². The quantitative estimate of drug-likeness (QED) is 0.520. The van der Waals surface area contributed by atoms with Crippen LogP contribution in [0.3, 0.4) is 0 Å². The number of hydrogen-bond donors (Lipinski definition) is 2. The number of carbonyl (C=O) groups is 1. The molecule has 0 atom stereocenters. The van der Waals surface area contributed by atoms with Crippen molar-refractivity contribution in [3.63, 3.8) is 0 Å². The number of aliphatic hydroxyl groups is 2. The van der Waals surface area contributed by atoms with Crippen LogP contribution in [0.4, 0.5) is 10.6 Å². The lowest BCUT2D eigenvalue weighted by Crippen LogP contribution is -2.44. The molecule has 16 heavy (non-hydrogen) atoms. The summed E-state index contributed by atoms with van der Waals surface area (Å²) >= 11 is 5.58. The minimum absolute atomic E-state index is 0.0127. The third kappa shape index (κ3) is 1.69. The first-order valence-corrected chi connectivity index (χ1v) is 4.78. The number of anilines is 1. The van der Waals surface area contributed by atoms with Crippen molar-refractivity contribution in [3.05, 3.63) is 17.5 Å². The minimum Gasteiger partial charge on any atom is -0.347 e. The van der Waals surface area contributed by atoms with Crippen molar-refractivity contribution in [2.24, 2.45) is 0 Å². The monoisotopic (exact) mass is 244 g/mol. The summed E-state index contributed by atoms with van der Waals surface area (Å²) in [4.78, 5) is 21.1. The third-order valence-corrected chi connectivity index (χ3v) is 2.50. The van der Waals surface area contributed by atoms with Crippen LogP contribution >= 0.6 is 11.6 Å². The van der Waals surface area contributed by atoms with Crippen molar-refractivity contribution in [1.29, 1.82) is 0 Å². The van der Waals surface area contributed by atoms with E-state index in [1.165, 1.54) is 19.3 Å². The SMILES string of the molecule is CN1C(=O)N(c2ccnc(Cl)n2)CC1(O)O. The van der Waals surface area contributed by atoms with Gasteiger partial charge in [0.05, 0.1) is 0 Å². The predicted octanol–water partition coefficient (Wildman–Crippen LogP) is -0.360. The summed E-state index contributed by atoms with van der Waals surface area (Å²) in [6.45, 7) is -0.296. The second kappa shape index (κ2) is 3.55. The van der Waals surface area contributed by atoms with Crippen molar-refractivity contribution in [1.82, 2.24) is 14.9 Å².